The zero-order valence-corrected chi connectivity index (χ0v) is 11.7. The number of carbonyl (C=O) groups excluding carboxylic acids is 1. The van der Waals surface area contributed by atoms with Gasteiger partial charge in [0.25, 0.3) is 0 Å². The second kappa shape index (κ2) is 3.93. The first-order valence-corrected chi connectivity index (χ1v) is 6.89. The Bertz CT molecular complexity index is 516. The SMILES string of the molecule is C=C1C(=O)O[C@@H]2[C@H]1C[C@@H]1C(=CC[C@@]1(C)O)[C@](C)(O)[C@H]2O. The average Bonchev–Trinajstić information content (AvgIpc) is 2.77. The number of esters is 1. The topological polar surface area (TPSA) is 87.0 Å². The molecule has 1 saturated heterocycles. The van der Waals surface area contributed by atoms with Crippen LogP contribution in [0, 0.1) is 11.8 Å². The Kier molecular flexibility index (Phi) is 2.71. The first-order valence-electron chi connectivity index (χ1n) is 6.89. The van der Waals surface area contributed by atoms with Crippen molar-refractivity contribution in [3.8, 4) is 0 Å². The van der Waals surface area contributed by atoms with Gasteiger partial charge in [-0.25, -0.2) is 4.79 Å². The maximum absolute atomic E-state index is 11.7. The Morgan fingerprint density at radius 1 is 1.40 bits per heavy atom. The zero-order chi connectivity index (χ0) is 14.9. The molecule has 1 saturated carbocycles. The molecule has 110 valence electrons. The predicted molar refractivity (Wildman–Crippen MR) is 70.6 cm³/mol. The van der Waals surface area contributed by atoms with E-state index in [0.29, 0.717) is 24.0 Å². The molecule has 3 rings (SSSR count). The third-order valence-electron chi connectivity index (χ3n) is 5.17. The van der Waals surface area contributed by atoms with E-state index >= 15 is 0 Å². The Morgan fingerprint density at radius 3 is 2.70 bits per heavy atom. The van der Waals surface area contributed by atoms with E-state index in [9.17, 15) is 20.1 Å². The molecule has 0 unspecified atom stereocenters. The summed E-state index contributed by atoms with van der Waals surface area (Å²) < 4.78 is 5.18. The minimum atomic E-state index is -1.52. The molecule has 0 amide bonds. The minimum absolute atomic E-state index is 0.312. The summed E-state index contributed by atoms with van der Waals surface area (Å²) in [6.07, 6.45) is 0.642. The van der Waals surface area contributed by atoms with Crippen molar-refractivity contribution in [2.75, 3.05) is 0 Å². The van der Waals surface area contributed by atoms with E-state index < -0.39 is 29.4 Å². The third kappa shape index (κ3) is 1.63. The molecule has 0 aromatic rings. The lowest BCUT2D eigenvalue weighted by Crippen LogP contribution is -2.49. The Balaban J connectivity index is 2.08. The van der Waals surface area contributed by atoms with Gasteiger partial charge in [0.15, 0.2) is 0 Å². The van der Waals surface area contributed by atoms with E-state index in [-0.39, 0.29) is 11.8 Å². The van der Waals surface area contributed by atoms with Gasteiger partial charge in [0.05, 0.1) is 5.60 Å². The standard InChI is InChI=1S/C15H20O5/c1-7-8-6-10-9(4-5-14(10,2)18)15(3,19)12(16)11(8)20-13(7)17/h4,8,10-12,16,18-19H,1,5-6H2,2-3H3/t8-,10+,11+,12-,14+,15-/m0/s1. The summed E-state index contributed by atoms with van der Waals surface area (Å²) in [6.45, 7) is 6.96. The zero-order valence-electron chi connectivity index (χ0n) is 11.7. The minimum Gasteiger partial charge on any atom is -0.455 e. The predicted octanol–water partition coefficient (Wildman–Crippen LogP) is 0.297. The lowest BCUT2D eigenvalue weighted by atomic mass is 9.78. The summed E-state index contributed by atoms with van der Waals surface area (Å²) in [6, 6.07) is 0. The van der Waals surface area contributed by atoms with Crippen LogP contribution in [0.5, 0.6) is 0 Å². The second-order valence-corrected chi connectivity index (χ2v) is 6.60. The van der Waals surface area contributed by atoms with Crippen molar-refractivity contribution in [2.45, 2.75) is 50.1 Å². The summed E-state index contributed by atoms with van der Waals surface area (Å²) in [5.41, 5.74) is -1.56. The van der Waals surface area contributed by atoms with Crippen molar-refractivity contribution in [2.24, 2.45) is 11.8 Å². The van der Waals surface area contributed by atoms with E-state index in [1.165, 1.54) is 6.92 Å². The van der Waals surface area contributed by atoms with Gasteiger partial charge in [0, 0.05) is 17.4 Å². The molecular formula is C15H20O5. The highest BCUT2D eigenvalue weighted by molar-refractivity contribution is 5.91. The maximum atomic E-state index is 11.7. The molecule has 5 heteroatoms. The van der Waals surface area contributed by atoms with Crippen molar-refractivity contribution in [1.82, 2.24) is 0 Å². The Hall–Kier alpha value is -1.17. The smallest absolute Gasteiger partial charge is 0.334 e. The first kappa shape index (κ1) is 13.8. The highest BCUT2D eigenvalue weighted by atomic mass is 16.6. The van der Waals surface area contributed by atoms with Gasteiger partial charge in [-0.05, 0) is 32.3 Å². The summed E-state index contributed by atoms with van der Waals surface area (Å²) in [5.74, 6) is -1.21. The van der Waals surface area contributed by atoms with Crippen LogP contribution in [-0.4, -0.2) is 44.7 Å². The van der Waals surface area contributed by atoms with Crippen LogP contribution in [0.4, 0.5) is 0 Å². The number of hydrogen-bond acceptors (Lipinski definition) is 5. The number of aliphatic hydroxyl groups excluding tert-OH is 1. The molecule has 2 aliphatic carbocycles. The summed E-state index contributed by atoms with van der Waals surface area (Å²) >= 11 is 0. The van der Waals surface area contributed by atoms with Gasteiger partial charge in [-0.1, -0.05) is 12.7 Å². The molecule has 1 aliphatic heterocycles. The van der Waals surface area contributed by atoms with Gasteiger partial charge in [0.1, 0.15) is 17.8 Å². The molecule has 5 nitrogen and oxygen atoms in total. The van der Waals surface area contributed by atoms with Crippen molar-refractivity contribution < 1.29 is 24.9 Å². The Morgan fingerprint density at radius 2 is 2.05 bits per heavy atom. The van der Waals surface area contributed by atoms with Crippen molar-refractivity contribution in [1.29, 1.82) is 0 Å². The molecule has 2 fully saturated rings. The number of carbonyl (C=O) groups is 1. The molecule has 0 spiro atoms. The van der Waals surface area contributed by atoms with Gasteiger partial charge in [-0.2, -0.15) is 0 Å². The highest BCUT2D eigenvalue weighted by Crippen LogP contribution is 2.51. The van der Waals surface area contributed by atoms with Crippen LogP contribution in [0.2, 0.25) is 0 Å². The number of rotatable bonds is 0. The maximum Gasteiger partial charge on any atom is 0.334 e. The fraction of sp³-hybridized carbons (Fsp3) is 0.667. The molecule has 6 atom stereocenters. The van der Waals surface area contributed by atoms with E-state index in [0.717, 1.165) is 0 Å². The molecule has 0 radical (unpaired) electrons. The largest absolute Gasteiger partial charge is 0.455 e. The molecular weight excluding hydrogens is 260 g/mol. The van der Waals surface area contributed by atoms with Crippen LogP contribution in [0.3, 0.4) is 0 Å². The Labute approximate surface area is 117 Å². The van der Waals surface area contributed by atoms with Gasteiger partial charge < -0.3 is 20.1 Å². The monoisotopic (exact) mass is 280 g/mol. The number of ether oxygens (including phenoxy) is 1. The highest BCUT2D eigenvalue weighted by Gasteiger charge is 2.58. The lowest BCUT2D eigenvalue weighted by molar-refractivity contribution is -0.152. The number of aliphatic hydroxyl groups is 3. The van der Waals surface area contributed by atoms with Crippen LogP contribution >= 0.6 is 0 Å². The van der Waals surface area contributed by atoms with Crippen molar-refractivity contribution in [3.05, 3.63) is 23.8 Å². The van der Waals surface area contributed by atoms with Crippen LogP contribution in [-0.2, 0) is 9.53 Å². The van der Waals surface area contributed by atoms with Crippen LogP contribution < -0.4 is 0 Å². The van der Waals surface area contributed by atoms with E-state index in [1.807, 2.05) is 0 Å². The molecule has 3 N–H and O–H groups in total. The van der Waals surface area contributed by atoms with E-state index in [2.05, 4.69) is 6.58 Å². The number of fused-ring (bicyclic) bond motifs is 2. The van der Waals surface area contributed by atoms with E-state index in [1.54, 1.807) is 13.0 Å². The van der Waals surface area contributed by atoms with Gasteiger partial charge in [-0.3, -0.25) is 0 Å². The normalized spacial score (nSPS) is 51.1. The second-order valence-electron chi connectivity index (χ2n) is 6.60. The number of hydrogen-bond donors (Lipinski definition) is 3. The fourth-order valence-electron chi connectivity index (χ4n) is 3.81. The van der Waals surface area contributed by atoms with Crippen molar-refractivity contribution in [3.63, 3.8) is 0 Å². The molecule has 0 aromatic carbocycles. The average molecular weight is 280 g/mol. The van der Waals surface area contributed by atoms with Crippen molar-refractivity contribution >= 4 is 5.97 Å². The molecule has 20 heavy (non-hydrogen) atoms. The molecule has 1 heterocycles. The van der Waals surface area contributed by atoms with Crippen LogP contribution in [0.15, 0.2) is 23.8 Å². The lowest BCUT2D eigenvalue weighted by Gasteiger charge is -2.35. The van der Waals surface area contributed by atoms with Crippen LogP contribution in [0.1, 0.15) is 26.7 Å². The summed E-state index contributed by atoms with van der Waals surface area (Å²) in [5, 5.41) is 31.6. The quantitative estimate of drug-likeness (QED) is 0.337. The summed E-state index contributed by atoms with van der Waals surface area (Å²) in [7, 11) is 0. The fourth-order valence-corrected chi connectivity index (χ4v) is 3.81. The molecule has 3 aliphatic rings. The van der Waals surface area contributed by atoms with Gasteiger partial charge in [-0.15, -0.1) is 0 Å². The van der Waals surface area contributed by atoms with E-state index in [4.69, 9.17) is 4.74 Å². The summed E-state index contributed by atoms with van der Waals surface area (Å²) in [4.78, 5) is 11.7. The van der Waals surface area contributed by atoms with Gasteiger partial charge >= 0.3 is 5.97 Å². The van der Waals surface area contributed by atoms with Crippen LogP contribution in [0.25, 0.3) is 0 Å². The van der Waals surface area contributed by atoms with Gasteiger partial charge in [0.2, 0.25) is 0 Å². The molecule has 0 bridgehead atoms. The third-order valence-corrected chi connectivity index (χ3v) is 5.17. The molecule has 0 aromatic heterocycles. The first-order chi connectivity index (χ1) is 9.16.